The number of fused-ring (bicyclic) bond motifs is 2. The van der Waals surface area contributed by atoms with Crippen molar-refractivity contribution in [2.75, 3.05) is 0 Å². The van der Waals surface area contributed by atoms with Gasteiger partial charge < -0.3 is 5.11 Å². The van der Waals surface area contributed by atoms with E-state index in [0.717, 1.165) is 32.1 Å². The van der Waals surface area contributed by atoms with Gasteiger partial charge >= 0.3 is 0 Å². The van der Waals surface area contributed by atoms with Crippen LogP contribution in [0.25, 0.3) is 0 Å². The fraction of sp³-hybridized carbons (Fsp3) is 0.929. The van der Waals surface area contributed by atoms with Gasteiger partial charge in [-0.15, -0.1) is 0 Å². The monoisotopic (exact) mass is 237 g/mol. The Morgan fingerprint density at radius 2 is 1.71 bits per heavy atom. The lowest BCUT2D eigenvalue weighted by Gasteiger charge is -2.41. The van der Waals surface area contributed by atoms with Crippen molar-refractivity contribution < 1.29 is 9.90 Å². The number of ketones is 1. The normalized spacial score (nSPS) is 43.7. The minimum Gasteiger partial charge on any atom is -0.393 e. The zero-order valence-corrected chi connectivity index (χ0v) is 10.5. The summed E-state index contributed by atoms with van der Waals surface area (Å²) in [4.78, 5) is 14.7. The molecule has 0 amide bonds. The molecule has 0 radical (unpaired) electrons. The van der Waals surface area contributed by atoms with E-state index in [1.807, 2.05) is 0 Å². The summed E-state index contributed by atoms with van der Waals surface area (Å²) in [5, 5.41) is 9.82. The lowest BCUT2D eigenvalue weighted by Crippen LogP contribution is -2.52. The summed E-state index contributed by atoms with van der Waals surface area (Å²) in [5.74, 6) is 0.468. The average Bonchev–Trinajstić information content (AvgIpc) is 2.50. The topological polar surface area (TPSA) is 40.5 Å². The van der Waals surface area contributed by atoms with E-state index in [-0.39, 0.29) is 12.1 Å². The second kappa shape index (κ2) is 4.69. The number of carbonyl (C=O) groups excluding carboxylic acids is 1. The SMILES string of the molecule is O=C1CCCCCC1N1C2CCC1CC(O)C2. The summed E-state index contributed by atoms with van der Waals surface area (Å²) >= 11 is 0. The molecule has 2 aliphatic heterocycles. The van der Waals surface area contributed by atoms with E-state index in [0.29, 0.717) is 17.9 Å². The fourth-order valence-electron chi connectivity index (χ4n) is 4.15. The lowest BCUT2D eigenvalue weighted by molar-refractivity contribution is -0.127. The van der Waals surface area contributed by atoms with E-state index in [4.69, 9.17) is 0 Å². The molecule has 2 heterocycles. The average molecular weight is 237 g/mol. The van der Waals surface area contributed by atoms with Crippen LogP contribution in [0.15, 0.2) is 0 Å². The smallest absolute Gasteiger partial charge is 0.149 e. The fourth-order valence-corrected chi connectivity index (χ4v) is 4.15. The Kier molecular flexibility index (Phi) is 3.22. The van der Waals surface area contributed by atoms with Crippen LogP contribution < -0.4 is 0 Å². The van der Waals surface area contributed by atoms with Crippen LogP contribution in [-0.4, -0.2) is 40.0 Å². The van der Waals surface area contributed by atoms with Crippen LogP contribution in [0.2, 0.25) is 0 Å². The molecule has 3 aliphatic rings. The van der Waals surface area contributed by atoms with Crippen molar-refractivity contribution in [1.29, 1.82) is 0 Å². The summed E-state index contributed by atoms with van der Waals surface area (Å²) < 4.78 is 0. The van der Waals surface area contributed by atoms with Crippen molar-refractivity contribution in [3.63, 3.8) is 0 Å². The molecular formula is C14H23NO2. The van der Waals surface area contributed by atoms with E-state index in [2.05, 4.69) is 4.90 Å². The molecule has 3 heteroatoms. The molecule has 96 valence electrons. The molecular weight excluding hydrogens is 214 g/mol. The molecule has 17 heavy (non-hydrogen) atoms. The van der Waals surface area contributed by atoms with Gasteiger partial charge in [-0.3, -0.25) is 9.69 Å². The molecule has 0 aromatic carbocycles. The maximum Gasteiger partial charge on any atom is 0.149 e. The predicted octanol–water partition coefficient (Wildman–Crippen LogP) is 1.88. The van der Waals surface area contributed by atoms with Gasteiger partial charge in [0.15, 0.2) is 0 Å². The standard InChI is InChI=1S/C14H23NO2/c16-12-8-10-6-7-11(9-12)15(10)13-4-2-1-3-5-14(13)17/h10-13,16H,1-9H2. The number of piperidine rings is 1. The Labute approximate surface area is 103 Å². The maximum absolute atomic E-state index is 12.2. The van der Waals surface area contributed by atoms with Gasteiger partial charge in [0, 0.05) is 18.5 Å². The van der Waals surface area contributed by atoms with E-state index in [9.17, 15) is 9.90 Å². The Hall–Kier alpha value is -0.410. The number of hydrogen-bond donors (Lipinski definition) is 1. The third kappa shape index (κ3) is 2.15. The zero-order valence-electron chi connectivity index (χ0n) is 10.5. The number of carbonyl (C=O) groups is 1. The van der Waals surface area contributed by atoms with Crippen LogP contribution in [0.1, 0.15) is 57.8 Å². The van der Waals surface area contributed by atoms with Crippen LogP contribution in [0.3, 0.4) is 0 Å². The highest BCUT2D eigenvalue weighted by atomic mass is 16.3. The number of aliphatic hydroxyl groups is 1. The van der Waals surface area contributed by atoms with Gasteiger partial charge in [0.05, 0.1) is 12.1 Å². The van der Waals surface area contributed by atoms with Gasteiger partial charge in [-0.25, -0.2) is 0 Å². The first-order valence-electron chi connectivity index (χ1n) is 7.24. The summed E-state index contributed by atoms with van der Waals surface area (Å²) in [5.41, 5.74) is 0. The van der Waals surface area contributed by atoms with Crippen LogP contribution in [-0.2, 0) is 4.79 Å². The second-order valence-electron chi connectivity index (χ2n) is 6.04. The lowest BCUT2D eigenvalue weighted by atomic mass is 9.94. The number of Topliss-reactive ketones (excluding diaryl/α,β-unsaturated/α-hetero) is 1. The minimum absolute atomic E-state index is 0.121. The first-order valence-corrected chi connectivity index (χ1v) is 7.24. The van der Waals surface area contributed by atoms with Gasteiger partial charge in [-0.2, -0.15) is 0 Å². The Bertz CT molecular complexity index is 291. The Morgan fingerprint density at radius 1 is 1.00 bits per heavy atom. The van der Waals surface area contributed by atoms with Crippen molar-refractivity contribution in [2.24, 2.45) is 0 Å². The zero-order chi connectivity index (χ0) is 11.8. The molecule has 3 nitrogen and oxygen atoms in total. The first-order chi connectivity index (χ1) is 8.25. The van der Waals surface area contributed by atoms with E-state index in [1.165, 1.54) is 25.7 Å². The number of hydrogen-bond acceptors (Lipinski definition) is 3. The van der Waals surface area contributed by atoms with E-state index < -0.39 is 0 Å². The van der Waals surface area contributed by atoms with Gasteiger partial charge in [0.1, 0.15) is 5.78 Å². The molecule has 3 unspecified atom stereocenters. The molecule has 1 saturated carbocycles. The predicted molar refractivity (Wildman–Crippen MR) is 65.8 cm³/mol. The summed E-state index contributed by atoms with van der Waals surface area (Å²) in [6.07, 6.45) is 9.37. The second-order valence-corrected chi connectivity index (χ2v) is 6.04. The van der Waals surface area contributed by atoms with Crippen molar-refractivity contribution in [1.82, 2.24) is 4.90 Å². The van der Waals surface area contributed by atoms with Crippen LogP contribution >= 0.6 is 0 Å². The molecule has 2 bridgehead atoms. The van der Waals surface area contributed by atoms with E-state index in [1.54, 1.807) is 0 Å². The third-order valence-electron chi connectivity index (χ3n) is 4.90. The Morgan fingerprint density at radius 3 is 2.41 bits per heavy atom. The van der Waals surface area contributed by atoms with Gasteiger partial charge in [-0.05, 0) is 38.5 Å². The van der Waals surface area contributed by atoms with E-state index >= 15 is 0 Å². The summed E-state index contributed by atoms with van der Waals surface area (Å²) in [6.45, 7) is 0. The number of nitrogens with zero attached hydrogens (tertiary/aromatic N) is 1. The van der Waals surface area contributed by atoms with Crippen molar-refractivity contribution in [3.8, 4) is 0 Å². The van der Waals surface area contributed by atoms with Crippen molar-refractivity contribution in [2.45, 2.75) is 82.0 Å². The first kappa shape index (κ1) is 11.7. The molecule has 3 atom stereocenters. The molecule has 0 aromatic rings. The number of aliphatic hydroxyl groups excluding tert-OH is 1. The van der Waals surface area contributed by atoms with Crippen molar-refractivity contribution >= 4 is 5.78 Å². The van der Waals surface area contributed by atoms with Gasteiger partial charge in [0.2, 0.25) is 0 Å². The van der Waals surface area contributed by atoms with Gasteiger partial charge in [0.25, 0.3) is 0 Å². The van der Waals surface area contributed by atoms with Crippen LogP contribution in [0.4, 0.5) is 0 Å². The highest BCUT2D eigenvalue weighted by Crippen LogP contribution is 2.39. The Balaban J connectivity index is 1.77. The molecule has 0 aromatic heterocycles. The molecule has 3 fully saturated rings. The quantitative estimate of drug-likeness (QED) is 0.708. The third-order valence-corrected chi connectivity index (χ3v) is 4.90. The largest absolute Gasteiger partial charge is 0.393 e. The maximum atomic E-state index is 12.2. The van der Waals surface area contributed by atoms with Gasteiger partial charge in [-0.1, -0.05) is 12.8 Å². The number of rotatable bonds is 1. The molecule has 0 spiro atoms. The van der Waals surface area contributed by atoms with Crippen LogP contribution in [0.5, 0.6) is 0 Å². The summed E-state index contributed by atoms with van der Waals surface area (Å²) in [6, 6.07) is 1.15. The van der Waals surface area contributed by atoms with Crippen molar-refractivity contribution in [3.05, 3.63) is 0 Å². The molecule has 1 N–H and O–H groups in total. The highest BCUT2D eigenvalue weighted by molar-refractivity contribution is 5.84. The van der Waals surface area contributed by atoms with Crippen LogP contribution in [0, 0.1) is 0 Å². The molecule has 2 saturated heterocycles. The highest BCUT2D eigenvalue weighted by Gasteiger charge is 2.45. The molecule has 3 rings (SSSR count). The molecule has 1 aliphatic carbocycles. The summed E-state index contributed by atoms with van der Waals surface area (Å²) in [7, 11) is 0. The minimum atomic E-state index is -0.121.